The van der Waals surface area contributed by atoms with Crippen molar-refractivity contribution in [2.75, 3.05) is 10.6 Å². The van der Waals surface area contributed by atoms with Gasteiger partial charge in [0.25, 0.3) is 0 Å². The molecule has 2 heterocycles. The van der Waals surface area contributed by atoms with Crippen molar-refractivity contribution < 1.29 is 12.8 Å². The van der Waals surface area contributed by atoms with Crippen molar-refractivity contribution in [2.24, 2.45) is 5.14 Å². The van der Waals surface area contributed by atoms with E-state index >= 15 is 0 Å². The zero-order valence-corrected chi connectivity index (χ0v) is 18.5. The molecule has 0 atom stereocenters. The SMILES string of the molecule is Cc1ccc(Nc2ncc(F)c(Nc3ccc(Cc4ccncc4)cc3)n2)cc1S(N)(=O)=O. The highest BCUT2D eigenvalue weighted by Crippen LogP contribution is 2.24. The monoisotopic (exact) mass is 464 g/mol. The van der Waals surface area contributed by atoms with E-state index in [1.165, 1.54) is 6.07 Å². The first-order chi connectivity index (χ1) is 15.8. The van der Waals surface area contributed by atoms with Gasteiger partial charge in [-0.25, -0.2) is 22.9 Å². The van der Waals surface area contributed by atoms with Crippen LogP contribution in [0.4, 0.5) is 27.5 Å². The minimum Gasteiger partial charge on any atom is -0.338 e. The van der Waals surface area contributed by atoms with Crippen LogP contribution in [0.5, 0.6) is 0 Å². The van der Waals surface area contributed by atoms with Crippen LogP contribution in [0.25, 0.3) is 0 Å². The molecule has 0 fully saturated rings. The number of nitrogens with one attached hydrogen (secondary N) is 2. The van der Waals surface area contributed by atoms with Gasteiger partial charge in [-0.3, -0.25) is 4.98 Å². The largest absolute Gasteiger partial charge is 0.338 e. The molecular formula is C23H21FN6O2S. The average molecular weight is 465 g/mol. The number of aryl methyl sites for hydroxylation is 1. The van der Waals surface area contributed by atoms with Gasteiger partial charge in [-0.05, 0) is 66.4 Å². The van der Waals surface area contributed by atoms with Gasteiger partial charge in [0.2, 0.25) is 16.0 Å². The predicted molar refractivity (Wildman–Crippen MR) is 125 cm³/mol. The van der Waals surface area contributed by atoms with Crippen LogP contribution in [0.1, 0.15) is 16.7 Å². The second-order valence-corrected chi connectivity index (χ2v) is 8.92. The molecule has 0 aliphatic carbocycles. The number of sulfonamides is 1. The second-order valence-electron chi connectivity index (χ2n) is 7.39. The van der Waals surface area contributed by atoms with Crippen molar-refractivity contribution >= 4 is 33.2 Å². The minimum atomic E-state index is -3.88. The molecule has 0 saturated carbocycles. The molecular weight excluding hydrogens is 443 g/mol. The third kappa shape index (κ3) is 5.68. The third-order valence-electron chi connectivity index (χ3n) is 4.87. The molecule has 0 radical (unpaired) electrons. The van der Waals surface area contributed by atoms with Crippen LogP contribution < -0.4 is 15.8 Å². The van der Waals surface area contributed by atoms with Crippen LogP contribution in [0.3, 0.4) is 0 Å². The van der Waals surface area contributed by atoms with E-state index in [0.29, 0.717) is 16.9 Å². The van der Waals surface area contributed by atoms with Crippen LogP contribution in [0, 0.1) is 12.7 Å². The number of pyridine rings is 1. The maximum absolute atomic E-state index is 14.3. The molecule has 4 rings (SSSR count). The first-order valence-electron chi connectivity index (χ1n) is 9.96. The van der Waals surface area contributed by atoms with Gasteiger partial charge in [0.1, 0.15) is 0 Å². The molecule has 0 bridgehead atoms. The van der Waals surface area contributed by atoms with Crippen LogP contribution >= 0.6 is 0 Å². The summed E-state index contributed by atoms with van der Waals surface area (Å²) in [6, 6.07) is 16.1. The zero-order chi connectivity index (χ0) is 23.4. The number of nitrogens with zero attached hydrogens (tertiary/aromatic N) is 3. The molecule has 0 unspecified atom stereocenters. The summed E-state index contributed by atoms with van der Waals surface area (Å²) >= 11 is 0. The summed E-state index contributed by atoms with van der Waals surface area (Å²) in [5, 5.41) is 11.1. The summed E-state index contributed by atoms with van der Waals surface area (Å²) < 4.78 is 37.8. The van der Waals surface area contributed by atoms with Crippen molar-refractivity contribution in [2.45, 2.75) is 18.2 Å². The lowest BCUT2D eigenvalue weighted by atomic mass is 10.1. The number of aromatic nitrogens is 3. The number of nitrogens with two attached hydrogens (primary N) is 1. The summed E-state index contributed by atoms with van der Waals surface area (Å²) in [4.78, 5) is 12.1. The highest BCUT2D eigenvalue weighted by Gasteiger charge is 2.13. The highest BCUT2D eigenvalue weighted by atomic mass is 32.2. The summed E-state index contributed by atoms with van der Waals surface area (Å²) in [6.45, 7) is 1.64. The topological polar surface area (TPSA) is 123 Å². The lowest BCUT2D eigenvalue weighted by Gasteiger charge is -2.11. The van der Waals surface area contributed by atoms with Crippen LogP contribution in [-0.4, -0.2) is 23.4 Å². The number of primary sulfonamides is 1. The molecule has 0 saturated heterocycles. The fourth-order valence-corrected chi connectivity index (χ4v) is 4.02. The van der Waals surface area contributed by atoms with Crippen molar-refractivity contribution in [1.29, 1.82) is 0 Å². The summed E-state index contributed by atoms with van der Waals surface area (Å²) in [5.41, 5.74) is 3.82. The average Bonchev–Trinajstić information content (AvgIpc) is 2.78. The maximum atomic E-state index is 14.3. The second kappa shape index (κ2) is 9.31. The Hall–Kier alpha value is -3.89. The van der Waals surface area contributed by atoms with Crippen molar-refractivity contribution in [1.82, 2.24) is 15.0 Å². The highest BCUT2D eigenvalue weighted by molar-refractivity contribution is 7.89. The molecule has 4 N–H and O–H groups in total. The van der Waals surface area contributed by atoms with E-state index in [4.69, 9.17) is 5.14 Å². The fourth-order valence-electron chi connectivity index (χ4n) is 3.21. The molecule has 4 aromatic rings. The Labute approximate surface area is 190 Å². The van der Waals surface area contributed by atoms with Gasteiger partial charge in [-0.1, -0.05) is 18.2 Å². The van der Waals surface area contributed by atoms with Gasteiger partial charge in [-0.15, -0.1) is 0 Å². The molecule has 2 aromatic carbocycles. The molecule has 8 nitrogen and oxygen atoms in total. The molecule has 10 heteroatoms. The third-order valence-corrected chi connectivity index (χ3v) is 5.92. The number of hydrogen-bond donors (Lipinski definition) is 3. The predicted octanol–water partition coefficient (Wildman–Crippen LogP) is 4.04. The number of rotatable bonds is 7. The number of anilines is 4. The number of hydrogen-bond acceptors (Lipinski definition) is 7. The van der Waals surface area contributed by atoms with Gasteiger partial charge >= 0.3 is 0 Å². The van der Waals surface area contributed by atoms with Crippen molar-refractivity contribution in [3.8, 4) is 0 Å². The van der Waals surface area contributed by atoms with Gasteiger partial charge < -0.3 is 10.6 Å². The van der Waals surface area contributed by atoms with Crippen LogP contribution in [0.2, 0.25) is 0 Å². The van der Waals surface area contributed by atoms with Crippen molar-refractivity contribution in [3.63, 3.8) is 0 Å². The standard InChI is InChI=1S/C23H21FN6O2S/c1-15-2-5-19(13-21(15)33(25,31)32)29-23-27-14-20(24)22(30-23)28-18-6-3-16(4-7-18)12-17-8-10-26-11-9-17/h2-11,13-14H,12H2,1H3,(H2,25,31,32)(H2,27,28,29,30). The Morgan fingerprint density at radius 3 is 2.30 bits per heavy atom. The molecule has 0 amide bonds. The molecule has 33 heavy (non-hydrogen) atoms. The summed E-state index contributed by atoms with van der Waals surface area (Å²) in [6.07, 6.45) is 5.29. The van der Waals surface area contributed by atoms with Gasteiger partial charge in [0.15, 0.2) is 11.6 Å². The van der Waals surface area contributed by atoms with E-state index < -0.39 is 15.8 Å². The Morgan fingerprint density at radius 2 is 1.61 bits per heavy atom. The van der Waals surface area contributed by atoms with Gasteiger partial charge in [-0.2, -0.15) is 4.98 Å². The Kier molecular flexibility index (Phi) is 6.29. The van der Waals surface area contributed by atoms with E-state index in [1.54, 1.807) is 31.5 Å². The van der Waals surface area contributed by atoms with E-state index in [-0.39, 0.29) is 16.7 Å². The van der Waals surface area contributed by atoms with Crippen LogP contribution in [-0.2, 0) is 16.4 Å². The molecule has 0 spiro atoms. The maximum Gasteiger partial charge on any atom is 0.238 e. The fraction of sp³-hybridized carbons (Fsp3) is 0.0870. The first-order valence-corrected chi connectivity index (χ1v) is 11.5. The minimum absolute atomic E-state index is 0.0141. The van der Waals surface area contributed by atoms with Gasteiger partial charge in [0, 0.05) is 23.8 Å². The normalized spacial score (nSPS) is 11.2. The Morgan fingerprint density at radius 1 is 0.939 bits per heavy atom. The molecule has 0 aliphatic heterocycles. The van der Waals surface area contributed by atoms with Crippen LogP contribution in [0.15, 0.2) is 78.1 Å². The van der Waals surface area contributed by atoms with Gasteiger partial charge in [0.05, 0.1) is 11.1 Å². The number of halogens is 1. The first kappa shape index (κ1) is 22.3. The smallest absolute Gasteiger partial charge is 0.238 e. The Balaban J connectivity index is 1.50. The number of benzene rings is 2. The van der Waals surface area contributed by atoms with E-state index in [0.717, 1.165) is 23.7 Å². The molecule has 0 aliphatic rings. The Bertz CT molecular complexity index is 1380. The summed E-state index contributed by atoms with van der Waals surface area (Å²) in [5.74, 6) is -0.555. The quantitative estimate of drug-likeness (QED) is 0.377. The van der Waals surface area contributed by atoms with E-state index in [1.807, 2.05) is 36.4 Å². The lowest BCUT2D eigenvalue weighted by molar-refractivity contribution is 0.597. The molecule has 168 valence electrons. The molecule has 2 aromatic heterocycles. The summed E-state index contributed by atoms with van der Waals surface area (Å²) in [7, 11) is -3.88. The van der Waals surface area contributed by atoms with E-state index in [9.17, 15) is 12.8 Å². The van der Waals surface area contributed by atoms with E-state index in [2.05, 4.69) is 25.6 Å². The lowest BCUT2D eigenvalue weighted by Crippen LogP contribution is -2.14. The zero-order valence-electron chi connectivity index (χ0n) is 17.7. The van der Waals surface area contributed by atoms with Crippen molar-refractivity contribution in [3.05, 3.63) is 95.7 Å².